The fourth-order valence-corrected chi connectivity index (χ4v) is 3.39. The Balaban J connectivity index is 1.75. The minimum absolute atomic E-state index is 0.0848. The van der Waals surface area contributed by atoms with E-state index in [9.17, 15) is 9.59 Å². The second kappa shape index (κ2) is 8.71. The number of ether oxygens (including phenoxy) is 2. The van der Waals surface area contributed by atoms with Gasteiger partial charge in [0.2, 0.25) is 0 Å². The van der Waals surface area contributed by atoms with Gasteiger partial charge in [0.05, 0.1) is 32.0 Å². The number of hydrogen-bond acceptors (Lipinski definition) is 6. The van der Waals surface area contributed by atoms with E-state index in [4.69, 9.17) is 9.47 Å². The van der Waals surface area contributed by atoms with Crippen molar-refractivity contribution in [3.8, 4) is 11.5 Å². The highest BCUT2D eigenvalue weighted by atomic mass is 16.5. The van der Waals surface area contributed by atoms with Gasteiger partial charge in [-0.05, 0) is 17.7 Å². The smallest absolute Gasteiger partial charge is 0.278 e. The van der Waals surface area contributed by atoms with Crippen LogP contribution in [0.5, 0.6) is 11.5 Å². The molecule has 3 aromatic rings. The molecule has 0 aliphatic carbocycles. The summed E-state index contributed by atoms with van der Waals surface area (Å²) in [6, 6.07) is 19.7. The fourth-order valence-electron chi connectivity index (χ4n) is 3.39. The normalized spacial score (nSPS) is 13.5. The molecule has 1 aliphatic heterocycles. The quantitative estimate of drug-likeness (QED) is 0.595. The largest absolute Gasteiger partial charge is 0.497 e. The number of rotatable bonds is 7. The zero-order chi connectivity index (χ0) is 21.8. The molecule has 0 bridgehead atoms. The summed E-state index contributed by atoms with van der Waals surface area (Å²) in [7, 11) is 3.10. The lowest BCUT2D eigenvalue weighted by atomic mass is 10.0. The van der Waals surface area contributed by atoms with Crippen LogP contribution in [0.15, 0.2) is 78.6 Å². The van der Waals surface area contributed by atoms with Gasteiger partial charge >= 0.3 is 0 Å². The van der Waals surface area contributed by atoms with Crippen LogP contribution in [0, 0.1) is 0 Å². The number of anilines is 1. The van der Waals surface area contributed by atoms with E-state index in [2.05, 4.69) is 10.3 Å². The van der Waals surface area contributed by atoms with Crippen molar-refractivity contribution >= 4 is 23.1 Å². The van der Waals surface area contributed by atoms with Gasteiger partial charge in [-0.15, -0.1) is 0 Å². The molecule has 1 aromatic heterocycles. The topological polar surface area (TPSA) is 80.8 Å². The van der Waals surface area contributed by atoms with Gasteiger partial charge in [-0.1, -0.05) is 36.4 Å². The average Bonchev–Trinajstić information content (AvgIpc) is 3.04. The van der Waals surface area contributed by atoms with E-state index in [1.807, 2.05) is 24.3 Å². The molecular weight excluding hydrogens is 394 g/mol. The van der Waals surface area contributed by atoms with Crippen LogP contribution in [-0.4, -0.2) is 35.9 Å². The maximum atomic E-state index is 13.3. The Morgan fingerprint density at radius 2 is 1.55 bits per heavy atom. The van der Waals surface area contributed by atoms with Crippen LogP contribution in [0.25, 0.3) is 5.57 Å². The summed E-state index contributed by atoms with van der Waals surface area (Å²) in [5, 5.41) is 3.12. The fraction of sp³-hybridized carbons (Fsp3) is 0.125. The van der Waals surface area contributed by atoms with Crippen molar-refractivity contribution in [2.24, 2.45) is 0 Å². The average molecular weight is 415 g/mol. The second-order valence-electron chi connectivity index (χ2n) is 6.86. The zero-order valence-corrected chi connectivity index (χ0v) is 17.2. The van der Waals surface area contributed by atoms with Gasteiger partial charge in [-0.2, -0.15) is 0 Å². The molecule has 2 aromatic carbocycles. The van der Waals surface area contributed by atoms with Gasteiger partial charge in [0, 0.05) is 30.1 Å². The molecule has 0 fully saturated rings. The molecule has 2 heterocycles. The van der Waals surface area contributed by atoms with Crippen molar-refractivity contribution in [1.29, 1.82) is 0 Å². The SMILES string of the molecule is COc1cc(NC2=C(c3ccccc3)C(=O)N(Cc3ccccn3)C2=O)cc(OC)c1. The summed E-state index contributed by atoms with van der Waals surface area (Å²) in [6.07, 6.45) is 1.63. The molecule has 7 heteroatoms. The number of imide groups is 1. The molecular formula is C24H21N3O4. The van der Waals surface area contributed by atoms with Crippen LogP contribution >= 0.6 is 0 Å². The van der Waals surface area contributed by atoms with E-state index in [0.29, 0.717) is 34.0 Å². The summed E-state index contributed by atoms with van der Waals surface area (Å²) in [4.78, 5) is 32.1. The van der Waals surface area contributed by atoms with E-state index in [0.717, 1.165) is 0 Å². The van der Waals surface area contributed by atoms with Crippen LogP contribution in [0.3, 0.4) is 0 Å². The minimum atomic E-state index is -0.420. The van der Waals surface area contributed by atoms with Gasteiger partial charge in [-0.3, -0.25) is 19.5 Å². The van der Waals surface area contributed by atoms with Gasteiger partial charge in [-0.25, -0.2) is 0 Å². The number of pyridine rings is 1. The number of amides is 2. The monoisotopic (exact) mass is 415 g/mol. The molecule has 0 atom stereocenters. The first kappa shape index (κ1) is 20.2. The molecule has 4 rings (SSSR count). The van der Waals surface area contributed by atoms with E-state index in [1.165, 1.54) is 4.90 Å². The van der Waals surface area contributed by atoms with Crippen molar-refractivity contribution in [1.82, 2.24) is 9.88 Å². The molecule has 1 N–H and O–H groups in total. The van der Waals surface area contributed by atoms with E-state index in [-0.39, 0.29) is 18.1 Å². The molecule has 0 saturated heterocycles. The lowest BCUT2D eigenvalue weighted by molar-refractivity contribution is -0.137. The summed E-state index contributed by atoms with van der Waals surface area (Å²) in [6.45, 7) is 0.0848. The van der Waals surface area contributed by atoms with Crippen molar-refractivity contribution in [2.45, 2.75) is 6.54 Å². The van der Waals surface area contributed by atoms with Crippen LogP contribution < -0.4 is 14.8 Å². The summed E-state index contributed by atoms with van der Waals surface area (Å²) in [5.74, 6) is 0.326. The molecule has 156 valence electrons. The number of aromatic nitrogens is 1. The molecule has 0 saturated carbocycles. The molecule has 7 nitrogen and oxygen atoms in total. The van der Waals surface area contributed by atoms with Crippen LogP contribution in [0.2, 0.25) is 0 Å². The van der Waals surface area contributed by atoms with Gasteiger partial charge in [0.25, 0.3) is 11.8 Å². The zero-order valence-electron chi connectivity index (χ0n) is 17.2. The number of hydrogen-bond donors (Lipinski definition) is 1. The highest BCUT2D eigenvalue weighted by Gasteiger charge is 2.39. The molecule has 0 unspecified atom stereocenters. The summed E-state index contributed by atoms with van der Waals surface area (Å²) < 4.78 is 10.6. The Hall–Kier alpha value is -4.13. The Labute approximate surface area is 179 Å². The number of methoxy groups -OCH3 is 2. The Morgan fingerprint density at radius 3 is 2.16 bits per heavy atom. The van der Waals surface area contributed by atoms with E-state index >= 15 is 0 Å². The Morgan fingerprint density at radius 1 is 0.871 bits per heavy atom. The lowest BCUT2D eigenvalue weighted by Gasteiger charge is -2.15. The van der Waals surface area contributed by atoms with Crippen molar-refractivity contribution < 1.29 is 19.1 Å². The minimum Gasteiger partial charge on any atom is -0.497 e. The molecule has 2 amide bonds. The van der Waals surface area contributed by atoms with Crippen LogP contribution in [0.1, 0.15) is 11.3 Å². The summed E-state index contributed by atoms with van der Waals surface area (Å²) in [5.41, 5.74) is 2.36. The molecule has 1 aliphatic rings. The maximum Gasteiger partial charge on any atom is 0.278 e. The van der Waals surface area contributed by atoms with Crippen LogP contribution in [-0.2, 0) is 16.1 Å². The predicted molar refractivity (Wildman–Crippen MR) is 116 cm³/mol. The highest BCUT2D eigenvalue weighted by Crippen LogP contribution is 2.33. The van der Waals surface area contributed by atoms with Gasteiger partial charge in [0.1, 0.15) is 17.2 Å². The molecule has 31 heavy (non-hydrogen) atoms. The number of benzene rings is 2. The Bertz CT molecular complexity index is 1120. The predicted octanol–water partition coefficient (Wildman–Crippen LogP) is 3.49. The molecule has 0 spiro atoms. The number of carbonyl (C=O) groups is 2. The number of nitrogens with one attached hydrogen (secondary N) is 1. The Kier molecular flexibility index (Phi) is 5.66. The van der Waals surface area contributed by atoms with Gasteiger partial charge < -0.3 is 14.8 Å². The first-order chi connectivity index (χ1) is 15.1. The first-order valence-corrected chi connectivity index (χ1v) is 9.66. The van der Waals surface area contributed by atoms with E-state index < -0.39 is 5.91 Å². The first-order valence-electron chi connectivity index (χ1n) is 9.66. The summed E-state index contributed by atoms with van der Waals surface area (Å²) >= 11 is 0. The van der Waals surface area contributed by atoms with Gasteiger partial charge in [0.15, 0.2) is 0 Å². The van der Waals surface area contributed by atoms with Crippen molar-refractivity contribution in [3.63, 3.8) is 0 Å². The number of nitrogens with zero attached hydrogens (tertiary/aromatic N) is 2. The van der Waals surface area contributed by atoms with Crippen molar-refractivity contribution in [3.05, 3.63) is 89.9 Å². The third-order valence-electron chi connectivity index (χ3n) is 4.90. The molecule has 0 radical (unpaired) electrons. The highest BCUT2D eigenvalue weighted by molar-refractivity contribution is 6.36. The van der Waals surface area contributed by atoms with Crippen molar-refractivity contribution in [2.75, 3.05) is 19.5 Å². The standard InChI is InChI=1S/C24H21N3O4/c1-30-19-12-18(13-20(14-19)31-2)26-22-21(16-8-4-3-5-9-16)23(28)27(24(22)29)15-17-10-6-7-11-25-17/h3-14,26H,15H2,1-2H3. The maximum absolute atomic E-state index is 13.3. The number of carbonyl (C=O) groups excluding carboxylic acids is 2. The second-order valence-corrected chi connectivity index (χ2v) is 6.86. The van der Waals surface area contributed by atoms with E-state index in [1.54, 1.807) is 62.9 Å². The third kappa shape index (κ3) is 4.11. The lowest BCUT2D eigenvalue weighted by Crippen LogP contribution is -2.32. The van der Waals surface area contributed by atoms with Crippen LogP contribution in [0.4, 0.5) is 5.69 Å². The third-order valence-corrected chi connectivity index (χ3v) is 4.90.